The average molecular weight is 447 g/mol. The van der Waals surface area contributed by atoms with Crippen LogP contribution in [0.2, 0.25) is 0 Å². The highest BCUT2D eigenvalue weighted by atomic mass is 16.6. The third-order valence-corrected chi connectivity index (χ3v) is 6.08. The van der Waals surface area contributed by atoms with Crippen LogP contribution in [0.15, 0.2) is 0 Å². The number of esters is 1. The first kappa shape index (κ1) is 28.3. The molecular formula is C24H46O7. The molecule has 1 fully saturated rings. The first-order valence-electron chi connectivity index (χ1n) is 12.5. The van der Waals surface area contributed by atoms with Crippen molar-refractivity contribution in [3.8, 4) is 0 Å². The lowest BCUT2D eigenvalue weighted by Gasteiger charge is -2.37. The van der Waals surface area contributed by atoms with Gasteiger partial charge in [-0.25, -0.2) is 0 Å². The third-order valence-electron chi connectivity index (χ3n) is 6.08. The van der Waals surface area contributed by atoms with Gasteiger partial charge in [0.2, 0.25) is 0 Å². The third kappa shape index (κ3) is 12.8. The van der Waals surface area contributed by atoms with Crippen LogP contribution in [0.4, 0.5) is 0 Å². The lowest BCUT2D eigenvalue weighted by atomic mass is 9.99. The quantitative estimate of drug-likeness (QED) is 0.188. The summed E-state index contributed by atoms with van der Waals surface area (Å²) >= 11 is 0. The minimum atomic E-state index is -1.61. The molecule has 184 valence electrons. The Balaban J connectivity index is 1.89. The molecule has 0 amide bonds. The maximum Gasteiger partial charge on any atom is 0.305 e. The smallest absolute Gasteiger partial charge is 0.305 e. The predicted octanol–water partition coefficient (Wildman–Crippen LogP) is 3.59. The van der Waals surface area contributed by atoms with Gasteiger partial charge in [0.1, 0.15) is 31.0 Å². The van der Waals surface area contributed by atoms with E-state index < -0.39 is 30.7 Å². The number of carbonyl (C=O) groups excluding carboxylic acids is 1. The first-order chi connectivity index (χ1) is 15.0. The largest absolute Gasteiger partial charge is 0.463 e. The van der Waals surface area contributed by atoms with Gasteiger partial charge in [-0.3, -0.25) is 4.79 Å². The Hall–Kier alpha value is -0.730. The molecule has 0 saturated carbocycles. The van der Waals surface area contributed by atoms with Gasteiger partial charge in [0.15, 0.2) is 6.29 Å². The Bertz CT molecular complexity index is 446. The van der Waals surface area contributed by atoms with E-state index in [1.807, 2.05) is 0 Å². The summed E-state index contributed by atoms with van der Waals surface area (Å²) in [7, 11) is 0. The second-order valence-electron chi connectivity index (χ2n) is 8.92. The number of ether oxygens (including phenoxy) is 2. The van der Waals surface area contributed by atoms with Gasteiger partial charge in [-0.05, 0) is 6.42 Å². The van der Waals surface area contributed by atoms with Crippen molar-refractivity contribution in [3.05, 3.63) is 0 Å². The number of aliphatic hydroxyl groups excluding tert-OH is 4. The van der Waals surface area contributed by atoms with Gasteiger partial charge in [0, 0.05) is 6.42 Å². The first-order valence-corrected chi connectivity index (χ1v) is 12.5. The number of hydrogen-bond donors (Lipinski definition) is 4. The predicted molar refractivity (Wildman–Crippen MR) is 119 cm³/mol. The Labute approximate surface area is 188 Å². The molecule has 0 aromatic carbocycles. The van der Waals surface area contributed by atoms with E-state index in [-0.39, 0.29) is 12.6 Å². The van der Waals surface area contributed by atoms with Gasteiger partial charge in [-0.15, -0.1) is 0 Å². The molecule has 31 heavy (non-hydrogen) atoms. The van der Waals surface area contributed by atoms with E-state index in [9.17, 15) is 25.2 Å². The normalized spacial score (nSPS) is 26.2. The fourth-order valence-electron chi connectivity index (χ4n) is 3.96. The van der Waals surface area contributed by atoms with E-state index in [1.54, 1.807) is 0 Å². The topological polar surface area (TPSA) is 116 Å². The van der Waals surface area contributed by atoms with Gasteiger partial charge in [0.05, 0.1) is 0 Å². The highest BCUT2D eigenvalue weighted by Gasteiger charge is 2.43. The molecule has 1 aliphatic rings. The van der Waals surface area contributed by atoms with E-state index in [0.29, 0.717) is 6.42 Å². The van der Waals surface area contributed by atoms with Crippen molar-refractivity contribution in [1.82, 2.24) is 0 Å². The van der Waals surface area contributed by atoms with Gasteiger partial charge in [-0.2, -0.15) is 0 Å². The SMILES string of the molecule is CCCCCCCCCCCCCCCCCC(=O)OCC1OC(O)C(O)[C@@H](O)[C@@H]1O. The summed E-state index contributed by atoms with van der Waals surface area (Å²) in [5.74, 6) is -0.388. The van der Waals surface area contributed by atoms with E-state index in [0.717, 1.165) is 19.3 Å². The molecule has 3 unspecified atom stereocenters. The molecule has 4 N–H and O–H groups in total. The molecule has 1 rings (SSSR count). The van der Waals surface area contributed by atoms with Crippen molar-refractivity contribution < 1.29 is 34.7 Å². The van der Waals surface area contributed by atoms with Crippen LogP contribution in [0.3, 0.4) is 0 Å². The van der Waals surface area contributed by atoms with Crippen LogP contribution in [0, 0.1) is 0 Å². The monoisotopic (exact) mass is 446 g/mol. The maximum absolute atomic E-state index is 11.8. The van der Waals surface area contributed by atoms with Crippen LogP contribution in [-0.2, 0) is 14.3 Å². The molecule has 1 heterocycles. The zero-order valence-electron chi connectivity index (χ0n) is 19.4. The minimum absolute atomic E-state index is 0.264. The zero-order chi connectivity index (χ0) is 22.9. The van der Waals surface area contributed by atoms with Crippen LogP contribution >= 0.6 is 0 Å². The van der Waals surface area contributed by atoms with Crippen molar-refractivity contribution >= 4 is 5.97 Å². The fraction of sp³-hybridized carbons (Fsp3) is 0.958. The van der Waals surface area contributed by atoms with Gasteiger partial charge >= 0.3 is 5.97 Å². The summed E-state index contributed by atoms with van der Waals surface area (Å²) in [6.07, 6.45) is 12.0. The molecular weight excluding hydrogens is 400 g/mol. The molecule has 7 heteroatoms. The summed E-state index contributed by atoms with van der Waals surface area (Å²) in [6, 6.07) is 0. The van der Waals surface area contributed by atoms with Gasteiger partial charge < -0.3 is 29.9 Å². The standard InChI is InChI=1S/C24H46O7/c1-2-3-4-5-6-7-8-9-10-11-12-13-14-15-16-17-20(25)30-18-19-21(26)22(27)23(28)24(29)31-19/h19,21-24,26-29H,2-18H2,1H3/t19?,21-,22+,23?,24?/m1/s1. The maximum atomic E-state index is 11.8. The molecule has 7 nitrogen and oxygen atoms in total. The number of unbranched alkanes of at least 4 members (excludes halogenated alkanes) is 14. The second kappa shape index (κ2) is 17.8. The Morgan fingerprint density at radius 3 is 1.61 bits per heavy atom. The second-order valence-corrected chi connectivity index (χ2v) is 8.92. The van der Waals surface area contributed by atoms with Crippen molar-refractivity contribution in [2.75, 3.05) is 6.61 Å². The van der Waals surface area contributed by atoms with Crippen molar-refractivity contribution in [2.24, 2.45) is 0 Å². The van der Waals surface area contributed by atoms with Crippen LogP contribution in [0.25, 0.3) is 0 Å². The number of rotatable bonds is 18. The van der Waals surface area contributed by atoms with Crippen LogP contribution in [-0.4, -0.2) is 63.7 Å². The van der Waals surface area contributed by atoms with Crippen molar-refractivity contribution in [3.63, 3.8) is 0 Å². The summed E-state index contributed by atoms with van der Waals surface area (Å²) in [4.78, 5) is 11.8. The van der Waals surface area contributed by atoms with Gasteiger partial charge in [-0.1, -0.05) is 96.8 Å². The molecule has 0 bridgehead atoms. The van der Waals surface area contributed by atoms with E-state index in [2.05, 4.69) is 6.92 Å². The average Bonchev–Trinajstić information content (AvgIpc) is 2.76. The zero-order valence-corrected chi connectivity index (χ0v) is 19.4. The van der Waals surface area contributed by atoms with Crippen LogP contribution < -0.4 is 0 Å². The molecule has 5 atom stereocenters. The summed E-state index contributed by atoms with van der Waals surface area (Å²) in [5.41, 5.74) is 0. The fourth-order valence-corrected chi connectivity index (χ4v) is 3.96. The Kier molecular flexibility index (Phi) is 16.2. The number of hydrogen-bond acceptors (Lipinski definition) is 7. The summed E-state index contributed by atoms with van der Waals surface area (Å²) in [6.45, 7) is 1.99. The molecule has 0 spiro atoms. The summed E-state index contributed by atoms with van der Waals surface area (Å²) < 4.78 is 10.1. The molecule has 1 aliphatic heterocycles. The molecule has 0 aromatic rings. The lowest BCUT2D eigenvalue weighted by molar-refractivity contribution is -0.287. The lowest BCUT2D eigenvalue weighted by Crippen LogP contribution is -2.58. The molecule has 1 saturated heterocycles. The van der Waals surface area contributed by atoms with E-state index >= 15 is 0 Å². The Morgan fingerprint density at radius 2 is 1.13 bits per heavy atom. The van der Waals surface area contributed by atoms with Gasteiger partial charge in [0.25, 0.3) is 0 Å². The minimum Gasteiger partial charge on any atom is -0.463 e. The highest BCUT2D eigenvalue weighted by molar-refractivity contribution is 5.69. The van der Waals surface area contributed by atoms with Crippen LogP contribution in [0.5, 0.6) is 0 Å². The highest BCUT2D eigenvalue weighted by Crippen LogP contribution is 2.20. The van der Waals surface area contributed by atoms with Crippen LogP contribution in [0.1, 0.15) is 110 Å². The van der Waals surface area contributed by atoms with E-state index in [4.69, 9.17) is 9.47 Å². The Morgan fingerprint density at radius 1 is 0.677 bits per heavy atom. The van der Waals surface area contributed by atoms with Crippen molar-refractivity contribution in [1.29, 1.82) is 0 Å². The summed E-state index contributed by atoms with van der Waals surface area (Å²) in [5, 5.41) is 38.3. The number of carbonyl (C=O) groups is 1. The van der Waals surface area contributed by atoms with Crippen molar-refractivity contribution in [2.45, 2.75) is 140 Å². The number of aliphatic hydroxyl groups is 4. The molecule has 0 aliphatic carbocycles. The molecule has 0 radical (unpaired) electrons. The molecule has 0 aromatic heterocycles. The van der Waals surface area contributed by atoms with E-state index in [1.165, 1.54) is 77.0 Å².